The maximum Gasteiger partial charge on any atom is 0.229 e. The van der Waals surface area contributed by atoms with Gasteiger partial charge in [-0.25, -0.2) is 0 Å². The van der Waals surface area contributed by atoms with Crippen LogP contribution in [0.1, 0.15) is 6.42 Å². The van der Waals surface area contributed by atoms with Gasteiger partial charge in [0.25, 0.3) is 0 Å². The molecule has 0 bridgehead atoms. The van der Waals surface area contributed by atoms with Gasteiger partial charge in [0.15, 0.2) is 0 Å². The summed E-state index contributed by atoms with van der Waals surface area (Å²) in [5.74, 6) is -0.638. The van der Waals surface area contributed by atoms with E-state index in [0.29, 0.717) is 17.3 Å². The predicted octanol–water partition coefficient (Wildman–Crippen LogP) is 3.88. The van der Waals surface area contributed by atoms with E-state index in [1.54, 1.807) is 35.4 Å². The minimum absolute atomic E-state index is 0.0656. The first-order chi connectivity index (χ1) is 12.6. The van der Waals surface area contributed by atoms with Crippen molar-refractivity contribution in [2.24, 2.45) is 5.92 Å². The molecule has 26 heavy (non-hydrogen) atoms. The van der Waals surface area contributed by atoms with Crippen LogP contribution >= 0.6 is 11.6 Å². The van der Waals surface area contributed by atoms with Crippen molar-refractivity contribution in [2.75, 3.05) is 16.8 Å². The van der Waals surface area contributed by atoms with Gasteiger partial charge in [-0.1, -0.05) is 29.8 Å². The Balaban J connectivity index is 1.48. The van der Waals surface area contributed by atoms with Crippen LogP contribution in [0.2, 0.25) is 5.02 Å². The number of hydrogen-bond acceptors (Lipinski definition) is 3. The summed E-state index contributed by atoms with van der Waals surface area (Å²) >= 11 is 5.89. The normalized spacial score (nSPS) is 16.9. The molecule has 2 amide bonds. The molecule has 2 heterocycles. The number of rotatable bonds is 3. The maximum absolute atomic E-state index is 12.6. The predicted molar refractivity (Wildman–Crippen MR) is 102 cm³/mol. The van der Waals surface area contributed by atoms with Gasteiger partial charge >= 0.3 is 0 Å². The summed E-state index contributed by atoms with van der Waals surface area (Å²) in [5, 5.41) is 4.44. The second kappa shape index (κ2) is 6.77. The lowest BCUT2D eigenvalue weighted by molar-refractivity contribution is -0.122. The van der Waals surface area contributed by atoms with E-state index in [1.807, 2.05) is 30.3 Å². The van der Waals surface area contributed by atoms with Crippen LogP contribution in [0.5, 0.6) is 0 Å². The van der Waals surface area contributed by atoms with Crippen LogP contribution in [-0.4, -0.2) is 23.3 Å². The number of para-hydroxylation sites is 1. The number of fused-ring (bicyclic) bond motifs is 1. The van der Waals surface area contributed by atoms with Gasteiger partial charge in [0.1, 0.15) is 0 Å². The van der Waals surface area contributed by atoms with Gasteiger partial charge in [0.05, 0.1) is 23.3 Å². The highest BCUT2D eigenvalue weighted by Crippen LogP contribution is 2.27. The van der Waals surface area contributed by atoms with Gasteiger partial charge in [-0.05, 0) is 36.4 Å². The summed E-state index contributed by atoms with van der Waals surface area (Å²) in [5.41, 5.74) is 2.25. The van der Waals surface area contributed by atoms with Gasteiger partial charge in [-0.3, -0.25) is 14.6 Å². The van der Waals surface area contributed by atoms with Crippen molar-refractivity contribution in [2.45, 2.75) is 6.42 Å². The molecule has 0 spiro atoms. The summed E-state index contributed by atoms with van der Waals surface area (Å²) in [6.07, 6.45) is 1.82. The fourth-order valence-electron chi connectivity index (χ4n) is 3.14. The average molecular weight is 366 g/mol. The number of aromatic nitrogens is 1. The monoisotopic (exact) mass is 365 g/mol. The number of benzene rings is 2. The van der Waals surface area contributed by atoms with E-state index in [0.717, 1.165) is 16.6 Å². The molecule has 4 rings (SSSR count). The third-order valence-corrected chi connectivity index (χ3v) is 4.74. The molecule has 1 aliphatic rings. The minimum Gasteiger partial charge on any atom is -0.324 e. The molecule has 0 radical (unpaired) electrons. The first-order valence-corrected chi connectivity index (χ1v) is 8.69. The summed E-state index contributed by atoms with van der Waals surface area (Å²) in [6.45, 7) is 0.354. The molecule has 130 valence electrons. The standard InChI is InChI=1S/C20H16ClN3O2/c21-15-5-7-17(8-6-15)24-12-14(10-19(24)25)20(26)23-16-9-13-3-1-2-4-18(13)22-11-16/h1-9,11,14H,10,12H2,(H,23,26). The van der Waals surface area contributed by atoms with Crippen molar-refractivity contribution in [3.63, 3.8) is 0 Å². The molecule has 0 aliphatic carbocycles. The van der Waals surface area contributed by atoms with Gasteiger partial charge in [0, 0.05) is 29.1 Å². The van der Waals surface area contributed by atoms with Gasteiger partial charge < -0.3 is 10.2 Å². The first kappa shape index (κ1) is 16.5. The van der Waals surface area contributed by atoms with Crippen LogP contribution in [0.25, 0.3) is 10.9 Å². The molecule has 6 heteroatoms. The number of halogens is 1. The fraction of sp³-hybridized carbons (Fsp3) is 0.150. The quantitative estimate of drug-likeness (QED) is 0.766. The molecule has 3 aromatic rings. The second-order valence-electron chi connectivity index (χ2n) is 6.29. The highest BCUT2D eigenvalue weighted by molar-refractivity contribution is 6.30. The Hall–Kier alpha value is -2.92. The van der Waals surface area contributed by atoms with Crippen molar-refractivity contribution < 1.29 is 9.59 Å². The van der Waals surface area contributed by atoms with Gasteiger partial charge in [-0.2, -0.15) is 0 Å². The molecule has 0 saturated carbocycles. The number of hydrogen-bond donors (Lipinski definition) is 1. The van der Waals surface area contributed by atoms with Crippen LogP contribution in [0.3, 0.4) is 0 Å². The zero-order chi connectivity index (χ0) is 18.1. The highest BCUT2D eigenvalue weighted by atomic mass is 35.5. The first-order valence-electron chi connectivity index (χ1n) is 8.32. The van der Waals surface area contributed by atoms with Crippen molar-refractivity contribution >= 4 is 45.7 Å². The Morgan fingerprint density at radius 3 is 2.73 bits per heavy atom. The summed E-state index contributed by atoms with van der Waals surface area (Å²) in [6, 6.07) is 16.6. The van der Waals surface area contributed by atoms with Crippen molar-refractivity contribution in [1.29, 1.82) is 0 Å². The molecular weight excluding hydrogens is 350 g/mol. The topological polar surface area (TPSA) is 62.3 Å². The molecule has 1 unspecified atom stereocenters. The lowest BCUT2D eigenvalue weighted by Gasteiger charge is -2.16. The molecule has 1 aliphatic heterocycles. The SMILES string of the molecule is O=C(Nc1cnc2ccccc2c1)C1CC(=O)N(c2ccc(Cl)cc2)C1. The number of nitrogens with zero attached hydrogens (tertiary/aromatic N) is 2. The minimum atomic E-state index is -0.398. The number of carbonyl (C=O) groups is 2. The van der Waals surface area contributed by atoms with E-state index in [4.69, 9.17) is 11.6 Å². The van der Waals surface area contributed by atoms with E-state index in [9.17, 15) is 9.59 Å². The fourth-order valence-corrected chi connectivity index (χ4v) is 3.26. The van der Waals surface area contributed by atoms with Crippen LogP contribution in [-0.2, 0) is 9.59 Å². The summed E-state index contributed by atoms with van der Waals surface area (Å²) in [7, 11) is 0. The van der Waals surface area contributed by atoms with E-state index in [1.165, 1.54) is 0 Å². The molecule has 1 atom stereocenters. The lowest BCUT2D eigenvalue weighted by atomic mass is 10.1. The van der Waals surface area contributed by atoms with E-state index in [2.05, 4.69) is 10.3 Å². The Morgan fingerprint density at radius 1 is 1.15 bits per heavy atom. The number of nitrogens with one attached hydrogen (secondary N) is 1. The molecule has 1 N–H and O–H groups in total. The van der Waals surface area contributed by atoms with Crippen LogP contribution in [0.4, 0.5) is 11.4 Å². The maximum atomic E-state index is 12.6. The third-order valence-electron chi connectivity index (χ3n) is 4.49. The third kappa shape index (κ3) is 3.26. The number of amides is 2. The van der Waals surface area contributed by atoms with Crippen molar-refractivity contribution in [3.8, 4) is 0 Å². The molecular formula is C20H16ClN3O2. The highest BCUT2D eigenvalue weighted by Gasteiger charge is 2.35. The zero-order valence-corrected chi connectivity index (χ0v) is 14.6. The Bertz CT molecular complexity index is 988. The summed E-state index contributed by atoms with van der Waals surface area (Å²) < 4.78 is 0. The Kier molecular flexibility index (Phi) is 4.31. The molecule has 5 nitrogen and oxygen atoms in total. The van der Waals surface area contributed by atoms with E-state index >= 15 is 0 Å². The van der Waals surface area contributed by atoms with E-state index in [-0.39, 0.29) is 18.2 Å². The van der Waals surface area contributed by atoms with Crippen molar-refractivity contribution in [3.05, 3.63) is 65.8 Å². The smallest absolute Gasteiger partial charge is 0.229 e. The number of pyridine rings is 1. The van der Waals surface area contributed by atoms with E-state index < -0.39 is 5.92 Å². The van der Waals surface area contributed by atoms with Gasteiger partial charge in [-0.15, -0.1) is 0 Å². The molecule has 1 saturated heterocycles. The van der Waals surface area contributed by atoms with Crippen LogP contribution < -0.4 is 10.2 Å². The Morgan fingerprint density at radius 2 is 1.92 bits per heavy atom. The van der Waals surface area contributed by atoms with Crippen molar-refractivity contribution in [1.82, 2.24) is 4.98 Å². The van der Waals surface area contributed by atoms with Gasteiger partial charge in [0.2, 0.25) is 11.8 Å². The molecule has 1 fully saturated rings. The molecule has 1 aromatic heterocycles. The Labute approximate surface area is 155 Å². The summed E-state index contributed by atoms with van der Waals surface area (Å²) in [4.78, 5) is 30.9. The molecule has 2 aromatic carbocycles. The zero-order valence-electron chi connectivity index (χ0n) is 13.9. The van der Waals surface area contributed by atoms with Crippen LogP contribution in [0, 0.1) is 5.92 Å². The number of carbonyl (C=O) groups excluding carboxylic acids is 2. The number of anilines is 2. The van der Waals surface area contributed by atoms with Crippen LogP contribution in [0.15, 0.2) is 60.8 Å². The average Bonchev–Trinajstić information content (AvgIpc) is 3.04. The second-order valence-corrected chi connectivity index (χ2v) is 6.72. The largest absolute Gasteiger partial charge is 0.324 e. The lowest BCUT2D eigenvalue weighted by Crippen LogP contribution is -2.28.